The first-order valence-corrected chi connectivity index (χ1v) is 7.69. The number of nitrogens with one attached hydrogen (secondary N) is 1. The average molecular weight is 325 g/mol. The van der Waals surface area contributed by atoms with E-state index in [2.05, 4.69) is 5.32 Å². The van der Waals surface area contributed by atoms with Crippen molar-refractivity contribution in [2.24, 2.45) is 5.14 Å². The van der Waals surface area contributed by atoms with E-state index < -0.39 is 26.7 Å². The molecule has 5 nitrogen and oxygen atoms in total. The number of sulfonamides is 1. The SMILES string of the molecule is CN(C)CCCNc1ccc(S(N)(=O)=O)cc1C(F)(F)F. The zero-order valence-corrected chi connectivity index (χ0v) is 12.6. The highest BCUT2D eigenvalue weighted by Gasteiger charge is 2.34. The van der Waals surface area contributed by atoms with Crippen molar-refractivity contribution in [1.29, 1.82) is 0 Å². The first-order valence-electron chi connectivity index (χ1n) is 6.14. The molecular weight excluding hydrogens is 307 g/mol. The molecule has 0 bridgehead atoms. The molecule has 0 radical (unpaired) electrons. The minimum absolute atomic E-state index is 0.159. The lowest BCUT2D eigenvalue weighted by Gasteiger charge is -2.16. The Hall–Kier alpha value is -1.32. The molecule has 120 valence electrons. The fourth-order valence-electron chi connectivity index (χ4n) is 1.71. The molecule has 0 fully saturated rings. The number of hydrogen-bond donors (Lipinski definition) is 2. The van der Waals surface area contributed by atoms with Gasteiger partial charge in [-0.05, 0) is 45.3 Å². The van der Waals surface area contributed by atoms with Gasteiger partial charge in [-0.25, -0.2) is 13.6 Å². The Morgan fingerprint density at radius 1 is 1.29 bits per heavy atom. The van der Waals surface area contributed by atoms with E-state index in [9.17, 15) is 21.6 Å². The van der Waals surface area contributed by atoms with E-state index in [0.29, 0.717) is 19.0 Å². The maximum absolute atomic E-state index is 13.0. The monoisotopic (exact) mass is 325 g/mol. The number of anilines is 1. The summed E-state index contributed by atoms with van der Waals surface area (Å²) in [7, 11) is -0.447. The largest absolute Gasteiger partial charge is 0.418 e. The predicted molar refractivity (Wildman–Crippen MR) is 74.5 cm³/mol. The van der Waals surface area contributed by atoms with Gasteiger partial charge in [0.25, 0.3) is 0 Å². The van der Waals surface area contributed by atoms with Crippen LogP contribution in [0, 0.1) is 0 Å². The molecule has 0 aliphatic rings. The summed E-state index contributed by atoms with van der Waals surface area (Å²) in [6, 6.07) is 2.68. The topological polar surface area (TPSA) is 75.4 Å². The van der Waals surface area contributed by atoms with Crippen molar-refractivity contribution in [3.8, 4) is 0 Å². The van der Waals surface area contributed by atoms with E-state index in [0.717, 1.165) is 18.7 Å². The molecule has 1 aromatic carbocycles. The molecule has 0 aromatic heterocycles. The van der Waals surface area contributed by atoms with Crippen molar-refractivity contribution in [1.82, 2.24) is 4.90 Å². The van der Waals surface area contributed by atoms with Gasteiger partial charge in [-0.1, -0.05) is 0 Å². The summed E-state index contributed by atoms with van der Waals surface area (Å²) in [4.78, 5) is 1.35. The van der Waals surface area contributed by atoms with Crippen molar-refractivity contribution in [3.63, 3.8) is 0 Å². The van der Waals surface area contributed by atoms with Gasteiger partial charge in [0.15, 0.2) is 0 Å². The van der Waals surface area contributed by atoms with E-state index in [1.54, 1.807) is 0 Å². The van der Waals surface area contributed by atoms with Gasteiger partial charge in [0.2, 0.25) is 10.0 Å². The summed E-state index contributed by atoms with van der Waals surface area (Å²) < 4.78 is 61.2. The minimum Gasteiger partial charge on any atom is -0.385 e. The summed E-state index contributed by atoms with van der Waals surface area (Å²) in [6.07, 6.45) is -4.01. The van der Waals surface area contributed by atoms with Crippen LogP contribution in [0.5, 0.6) is 0 Å². The Labute approximate surface area is 122 Å². The van der Waals surface area contributed by atoms with Crippen LogP contribution in [0.3, 0.4) is 0 Å². The molecule has 3 N–H and O–H groups in total. The van der Waals surface area contributed by atoms with Gasteiger partial charge in [-0.2, -0.15) is 13.2 Å². The van der Waals surface area contributed by atoms with Crippen LogP contribution in [0.15, 0.2) is 23.1 Å². The lowest BCUT2D eigenvalue weighted by atomic mass is 10.1. The third kappa shape index (κ3) is 5.52. The molecular formula is C12H18F3N3O2S. The Bertz CT molecular complexity index is 586. The maximum atomic E-state index is 13.0. The van der Waals surface area contributed by atoms with Gasteiger partial charge < -0.3 is 10.2 Å². The second kappa shape index (κ2) is 6.63. The number of alkyl halides is 3. The Balaban J connectivity index is 2.99. The summed E-state index contributed by atoms with van der Waals surface area (Å²) in [5, 5.41) is 7.52. The second-order valence-corrected chi connectivity index (χ2v) is 6.40. The van der Waals surface area contributed by atoms with Gasteiger partial charge in [0.1, 0.15) is 0 Å². The molecule has 0 aliphatic heterocycles. The number of primary sulfonamides is 1. The van der Waals surface area contributed by atoms with Crippen LogP contribution in [0.4, 0.5) is 18.9 Å². The molecule has 0 heterocycles. The average Bonchev–Trinajstić information content (AvgIpc) is 2.32. The van der Waals surface area contributed by atoms with Gasteiger partial charge in [-0.3, -0.25) is 0 Å². The summed E-state index contributed by atoms with van der Waals surface area (Å²) in [6.45, 7) is 1.07. The van der Waals surface area contributed by atoms with Crippen molar-refractivity contribution in [3.05, 3.63) is 23.8 Å². The Morgan fingerprint density at radius 3 is 2.38 bits per heavy atom. The molecule has 0 spiro atoms. The Kier molecular flexibility index (Phi) is 5.60. The first kappa shape index (κ1) is 17.7. The molecule has 1 aromatic rings. The molecule has 0 aliphatic carbocycles. The molecule has 0 saturated heterocycles. The van der Waals surface area contributed by atoms with Crippen LogP contribution in [0.1, 0.15) is 12.0 Å². The van der Waals surface area contributed by atoms with Gasteiger partial charge in [-0.15, -0.1) is 0 Å². The number of nitrogens with two attached hydrogens (primary N) is 1. The molecule has 0 atom stereocenters. The molecule has 0 saturated carbocycles. The van der Waals surface area contributed by atoms with E-state index in [1.165, 1.54) is 0 Å². The smallest absolute Gasteiger partial charge is 0.385 e. The highest BCUT2D eigenvalue weighted by molar-refractivity contribution is 7.89. The standard InChI is InChI=1S/C12H18F3N3O2S/c1-18(2)7-3-6-17-11-5-4-9(21(16,19)20)8-10(11)12(13,14)15/h4-5,8,17H,3,6-7H2,1-2H3,(H2,16,19,20). The molecule has 9 heteroatoms. The second-order valence-electron chi connectivity index (χ2n) is 4.83. The van der Waals surface area contributed by atoms with E-state index in [-0.39, 0.29) is 5.69 Å². The number of benzene rings is 1. The highest BCUT2D eigenvalue weighted by Crippen LogP contribution is 2.36. The van der Waals surface area contributed by atoms with Crippen LogP contribution in [-0.4, -0.2) is 40.5 Å². The molecule has 1 rings (SSSR count). The molecule has 0 unspecified atom stereocenters. The summed E-state index contributed by atoms with van der Waals surface area (Å²) >= 11 is 0. The molecule has 0 amide bonds. The Morgan fingerprint density at radius 2 is 1.90 bits per heavy atom. The fourth-order valence-corrected chi connectivity index (χ4v) is 2.25. The third-order valence-corrected chi connectivity index (χ3v) is 3.63. The normalized spacial score (nSPS) is 12.7. The quantitative estimate of drug-likeness (QED) is 0.781. The van der Waals surface area contributed by atoms with Crippen LogP contribution in [0.25, 0.3) is 0 Å². The van der Waals surface area contributed by atoms with Crippen LogP contribution in [-0.2, 0) is 16.2 Å². The first-order chi connectivity index (χ1) is 9.51. The lowest BCUT2D eigenvalue weighted by molar-refractivity contribution is -0.137. The van der Waals surface area contributed by atoms with Gasteiger partial charge in [0, 0.05) is 12.2 Å². The predicted octanol–water partition coefficient (Wildman–Crippen LogP) is 1.72. The highest BCUT2D eigenvalue weighted by atomic mass is 32.2. The van der Waals surface area contributed by atoms with Crippen LogP contribution >= 0.6 is 0 Å². The van der Waals surface area contributed by atoms with Crippen molar-refractivity contribution in [2.45, 2.75) is 17.5 Å². The number of rotatable bonds is 6. The van der Waals surface area contributed by atoms with E-state index in [4.69, 9.17) is 5.14 Å². The van der Waals surface area contributed by atoms with Crippen LogP contribution in [0.2, 0.25) is 0 Å². The van der Waals surface area contributed by atoms with Gasteiger partial charge >= 0.3 is 6.18 Å². The van der Waals surface area contributed by atoms with Crippen molar-refractivity contribution in [2.75, 3.05) is 32.5 Å². The summed E-state index contributed by atoms with van der Waals surface area (Å²) in [5.41, 5.74) is -1.20. The van der Waals surface area contributed by atoms with Crippen LogP contribution < -0.4 is 10.5 Å². The van der Waals surface area contributed by atoms with E-state index in [1.807, 2.05) is 19.0 Å². The van der Waals surface area contributed by atoms with Crippen molar-refractivity contribution >= 4 is 15.7 Å². The van der Waals surface area contributed by atoms with Crippen molar-refractivity contribution < 1.29 is 21.6 Å². The summed E-state index contributed by atoms with van der Waals surface area (Å²) in [5.74, 6) is 0. The van der Waals surface area contributed by atoms with E-state index >= 15 is 0 Å². The number of nitrogens with zero attached hydrogens (tertiary/aromatic N) is 1. The molecule has 21 heavy (non-hydrogen) atoms. The number of hydrogen-bond acceptors (Lipinski definition) is 4. The third-order valence-electron chi connectivity index (χ3n) is 2.72. The number of halogens is 3. The van der Waals surface area contributed by atoms with Gasteiger partial charge in [0.05, 0.1) is 10.5 Å². The zero-order chi connectivity index (χ0) is 16.3. The fraction of sp³-hybridized carbons (Fsp3) is 0.500. The lowest BCUT2D eigenvalue weighted by Crippen LogP contribution is -2.19. The maximum Gasteiger partial charge on any atom is 0.418 e. The zero-order valence-electron chi connectivity index (χ0n) is 11.7. The minimum atomic E-state index is -4.66.